The summed E-state index contributed by atoms with van der Waals surface area (Å²) < 4.78 is 5.03. The third-order valence-electron chi connectivity index (χ3n) is 3.41. The molecule has 1 fully saturated rings. The summed E-state index contributed by atoms with van der Waals surface area (Å²) in [6.07, 6.45) is -0.891. The molecule has 0 bridgehead atoms. The lowest BCUT2D eigenvalue weighted by molar-refractivity contribution is -0.133. The van der Waals surface area contributed by atoms with Gasteiger partial charge in [0.2, 0.25) is 6.10 Å². The Labute approximate surface area is 115 Å². The first-order chi connectivity index (χ1) is 9.65. The largest absolute Gasteiger partial charge is 0.443 e. The van der Waals surface area contributed by atoms with E-state index in [0.29, 0.717) is 5.56 Å². The minimum absolute atomic E-state index is 0.161. The van der Waals surface area contributed by atoms with Crippen molar-refractivity contribution in [2.24, 2.45) is 0 Å². The number of carbonyl (C=O) groups is 3. The molecule has 0 aromatic heterocycles. The fourth-order valence-electron chi connectivity index (χ4n) is 2.31. The van der Waals surface area contributed by atoms with Gasteiger partial charge in [-0.25, -0.2) is 4.79 Å². The van der Waals surface area contributed by atoms with E-state index in [1.165, 1.54) is 0 Å². The molecular weight excluding hydrogens is 256 g/mol. The molecule has 0 spiro atoms. The highest BCUT2D eigenvalue weighted by molar-refractivity contribution is 6.13. The lowest BCUT2D eigenvalue weighted by atomic mass is 10.1. The monoisotopic (exact) mass is 268 g/mol. The second-order valence-corrected chi connectivity index (χ2v) is 4.78. The topological polar surface area (TPSA) is 60.4 Å². The first-order valence-electron chi connectivity index (χ1n) is 6.40. The summed E-state index contributed by atoms with van der Waals surface area (Å²) in [5.41, 5.74) is 0.344. The average molecular weight is 268 g/mol. The van der Waals surface area contributed by atoms with E-state index in [2.05, 4.69) is 0 Å². The Kier molecular flexibility index (Phi) is 3.06. The van der Waals surface area contributed by atoms with Gasteiger partial charge >= 0.3 is 5.97 Å². The van der Waals surface area contributed by atoms with E-state index in [9.17, 15) is 14.4 Å². The molecule has 0 amide bonds. The van der Waals surface area contributed by atoms with Crippen molar-refractivity contribution in [3.05, 3.63) is 48.0 Å². The Hall–Kier alpha value is -2.49. The predicted molar refractivity (Wildman–Crippen MR) is 72.4 cm³/mol. The lowest BCUT2D eigenvalue weighted by Crippen LogP contribution is -2.28. The van der Waals surface area contributed by atoms with Crippen LogP contribution >= 0.6 is 0 Å². The zero-order valence-corrected chi connectivity index (χ0v) is 10.7. The molecule has 0 unspecified atom stereocenters. The molecule has 0 atom stereocenters. The molecule has 2 aromatic rings. The van der Waals surface area contributed by atoms with E-state index in [4.69, 9.17) is 4.74 Å². The summed E-state index contributed by atoms with van der Waals surface area (Å²) in [6, 6.07) is 12.8. The summed E-state index contributed by atoms with van der Waals surface area (Å²) in [4.78, 5) is 34.9. The molecule has 1 aliphatic carbocycles. The molecule has 100 valence electrons. The smallest absolute Gasteiger partial charge is 0.339 e. The molecule has 4 nitrogen and oxygen atoms in total. The first-order valence-corrected chi connectivity index (χ1v) is 6.40. The molecule has 0 saturated heterocycles. The van der Waals surface area contributed by atoms with Gasteiger partial charge in [-0.05, 0) is 22.9 Å². The van der Waals surface area contributed by atoms with Crippen molar-refractivity contribution in [1.82, 2.24) is 0 Å². The number of benzene rings is 2. The van der Waals surface area contributed by atoms with Crippen LogP contribution in [0.25, 0.3) is 10.8 Å². The maximum absolute atomic E-state index is 12.0. The Bertz CT molecular complexity index is 701. The molecule has 0 heterocycles. The molecule has 2 aromatic carbocycles. The quantitative estimate of drug-likeness (QED) is 0.619. The van der Waals surface area contributed by atoms with Crippen LogP contribution in [0.1, 0.15) is 23.2 Å². The number of ether oxygens (including phenoxy) is 1. The van der Waals surface area contributed by atoms with E-state index in [0.717, 1.165) is 10.8 Å². The minimum Gasteiger partial charge on any atom is -0.443 e. The fourth-order valence-corrected chi connectivity index (χ4v) is 2.31. The van der Waals surface area contributed by atoms with Crippen LogP contribution in [0.5, 0.6) is 0 Å². The average Bonchev–Trinajstić information content (AvgIpc) is 2.78. The van der Waals surface area contributed by atoms with Gasteiger partial charge in [0, 0.05) is 12.8 Å². The summed E-state index contributed by atoms with van der Waals surface area (Å²) in [7, 11) is 0. The fraction of sp³-hybridized carbons (Fsp3) is 0.188. The Balaban J connectivity index is 1.85. The Morgan fingerprint density at radius 1 is 0.950 bits per heavy atom. The normalized spacial score (nSPS) is 15.8. The van der Waals surface area contributed by atoms with Gasteiger partial charge in [0.15, 0.2) is 11.6 Å². The highest BCUT2D eigenvalue weighted by Crippen LogP contribution is 2.19. The van der Waals surface area contributed by atoms with Gasteiger partial charge in [0.05, 0.1) is 5.56 Å². The van der Waals surface area contributed by atoms with Crippen LogP contribution in [0.15, 0.2) is 42.5 Å². The summed E-state index contributed by atoms with van der Waals surface area (Å²) in [6.45, 7) is 0. The standard InChI is InChI=1S/C16H12O4/c17-13-7-8-14(18)15(13)20-16(19)12-6-5-10-3-1-2-4-11(10)9-12/h1-6,9,15H,7-8H2. The van der Waals surface area contributed by atoms with Crippen LogP contribution in [0.4, 0.5) is 0 Å². The highest BCUT2D eigenvalue weighted by Gasteiger charge is 2.36. The van der Waals surface area contributed by atoms with E-state index >= 15 is 0 Å². The van der Waals surface area contributed by atoms with Gasteiger partial charge in [0.1, 0.15) is 0 Å². The van der Waals surface area contributed by atoms with Crippen molar-refractivity contribution in [2.75, 3.05) is 0 Å². The van der Waals surface area contributed by atoms with E-state index in [-0.39, 0.29) is 24.4 Å². The summed E-state index contributed by atoms with van der Waals surface area (Å²) in [5.74, 6) is -1.27. The van der Waals surface area contributed by atoms with Gasteiger partial charge < -0.3 is 4.74 Å². The molecule has 0 N–H and O–H groups in total. The maximum atomic E-state index is 12.0. The molecule has 1 aliphatic rings. The number of esters is 1. The number of rotatable bonds is 2. The van der Waals surface area contributed by atoms with Gasteiger partial charge in [-0.15, -0.1) is 0 Å². The van der Waals surface area contributed by atoms with Crippen LogP contribution in [0.3, 0.4) is 0 Å². The predicted octanol–water partition coefficient (Wildman–Crippen LogP) is 2.30. The van der Waals surface area contributed by atoms with E-state index < -0.39 is 12.1 Å². The van der Waals surface area contributed by atoms with Crippen molar-refractivity contribution < 1.29 is 19.1 Å². The Morgan fingerprint density at radius 3 is 2.30 bits per heavy atom. The number of fused-ring (bicyclic) bond motifs is 1. The van der Waals surface area contributed by atoms with Crippen LogP contribution in [0.2, 0.25) is 0 Å². The van der Waals surface area contributed by atoms with Crippen molar-refractivity contribution in [3.63, 3.8) is 0 Å². The molecule has 1 saturated carbocycles. The highest BCUT2D eigenvalue weighted by atomic mass is 16.6. The van der Waals surface area contributed by atoms with E-state index in [1.807, 2.05) is 30.3 Å². The summed E-state index contributed by atoms with van der Waals surface area (Å²) in [5, 5.41) is 1.92. The number of Topliss-reactive ketones (excluding diaryl/α,β-unsaturated/α-hetero) is 2. The second-order valence-electron chi connectivity index (χ2n) is 4.78. The third-order valence-corrected chi connectivity index (χ3v) is 3.41. The third kappa shape index (κ3) is 2.20. The van der Waals surface area contributed by atoms with Gasteiger partial charge in [-0.1, -0.05) is 30.3 Å². The zero-order chi connectivity index (χ0) is 14.1. The van der Waals surface area contributed by atoms with Crippen molar-refractivity contribution in [2.45, 2.75) is 18.9 Å². The number of hydrogen-bond acceptors (Lipinski definition) is 4. The molecular formula is C16H12O4. The molecule has 4 heteroatoms. The summed E-state index contributed by atoms with van der Waals surface area (Å²) >= 11 is 0. The zero-order valence-electron chi connectivity index (χ0n) is 10.7. The van der Waals surface area contributed by atoms with Gasteiger partial charge in [-0.3, -0.25) is 9.59 Å². The lowest BCUT2D eigenvalue weighted by Gasteiger charge is -2.09. The van der Waals surface area contributed by atoms with Crippen LogP contribution in [-0.2, 0) is 14.3 Å². The number of hydrogen-bond donors (Lipinski definition) is 0. The minimum atomic E-state index is -1.21. The van der Waals surface area contributed by atoms with Crippen LogP contribution < -0.4 is 0 Å². The van der Waals surface area contributed by atoms with Gasteiger partial charge in [-0.2, -0.15) is 0 Å². The second kappa shape index (κ2) is 4.89. The van der Waals surface area contributed by atoms with Crippen molar-refractivity contribution in [3.8, 4) is 0 Å². The van der Waals surface area contributed by atoms with E-state index in [1.54, 1.807) is 12.1 Å². The van der Waals surface area contributed by atoms with Crippen LogP contribution in [-0.4, -0.2) is 23.6 Å². The number of carbonyl (C=O) groups excluding carboxylic acids is 3. The van der Waals surface area contributed by atoms with Gasteiger partial charge in [0.25, 0.3) is 0 Å². The maximum Gasteiger partial charge on any atom is 0.339 e. The molecule has 3 rings (SSSR count). The van der Waals surface area contributed by atoms with Crippen LogP contribution in [0, 0.1) is 0 Å². The molecule has 20 heavy (non-hydrogen) atoms. The SMILES string of the molecule is O=C(OC1C(=O)CCC1=O)c1ccc2ccccc2c1. The molecule has 0 radical (unpaired) electrons. The molecule has 0 aliphatic heterocycles. The van der Waals surface area contributed by atoms with Crippen molar-refractivity contribution >= 4 is 28.3 Å². The number of ketones is 2. The van der Waals surface area contributed by atoms with Crippen molar-refractivity contribution in [1.29, 1.82) is 0 Å². The Morgan fingerprint density at radius 2 is 1.60 bits per heavy atom. The first kappa shape index (κ1) is 12.5.